The van der Waals surface area contributed by atoms with Crippen LogP contribution in [0.2, 0.25) is 0 Å². The van der Waals surface area contributed by atoms with E-state index in [9.17, 15) is 4.79 Å². The molecule has 0 N–H and O–H groups in total. The first-order chi connectivity index (χ1) is 10.7. The zero-order chi connectivity index (χ0) is 15.4. The summed E-state index contributed by atoms with van der Waals surface area (Å²) in [7, 11) is 0. The SMILES string of the molecule is Cc1noc(C2CCCN(CC(=O)N3CCCCCC3)C2)n1. The van der Waals surface area contributed by atoms with Gasteiger partial charge in [-0.05, 0) is 39.2 Å². The number of amides is 1. The van der Waals surface area contributed by atoms with E-state index in [0.717, 1.165) is 57.8 Å². The molecule has 3 rings (SSSR count). The minimum atomic E-state index is 0.270. The Balaban J connectivity index is 1.54. The zero-order valence-corrected chi connectivity index (χ0v) is 13.5. The molecule has 0 spiro atoms. The molecule has 2 aliphatic heterocycles. The molecule has 0 saturated carbocycles. The van der Waals surface area contributed by atoms with Crippen molar-refractivity contribution in [1.82, 2.24) is 19.9 Å². The molecule has 0 radical (unpaired) electrons. The van der Waals surface area contributed by atoms with E-state index in [-0.39, 0.29) is 11.8 Å². The van der Waals surface area contributed by atoms with Crippen LogP contribution >= 0.6 is 0 Å². The van der Waals surface area contributed by atoms with Crippen LogP contribution in [0.5, 0.6) is 0 Å². The van der Waals surface area contributed by atoms with E-state index >= 15 is 0 Å². The molecule has 22 heavy (non-hydrogen) atoms. The number of aryl methyl sites for hydroxylation is 1. The van der Waals surface area contributed by atoms with E-state index in [2.05, 4.69) is 15.0 Å². The standard InChI is InChI=1S/C16H26N4O2/c1-13-17-16(22-18-13)14-7-6-8-19(11-14)12-15(21)20-9-4-2-3-5-10-20/h14H,2-12H2,1H3. The predicted molar refractivity (Wildman–Crippen MR) is 82.5 cm³/mol. The van der Waals surface area contributed by atoms with Crippen molar-refractivity contribution < 1.29 is 9.32 Å². The highest BCUT2D eigenvalue weighted by atomic mass is 16.5. The molecule has 1 aromatic heterocycles. The Hall–Kier alpha value is -1.43. The van der Waals surface area contributed by atoms with E-state index < -0.39 is 0 Å². The minimum absolute atomic E-state index is 0.270. The summed E-state index contributed by atoms with van der Waals surface area (Å²) < 4.78 is 5.31. The number of piperidine rings is 1. The van der Waals surface area contributed by atoms with E-state index in [1.54, 1.807) is 0 Å². The molecular weight excluding hydrogens is 280 g/mol. The lowest BCUT2D eigenvalue weighted by Gasteiger charge is -2.32. The Morgan fingerprint density at radius 1 is 1.18 bits per heavy atom. The third kappa shape index (κ3) is 3.85. The van der Waals surface area contributed by atoms with Crippen molar-refractivity contribution in [2.24, 2.45) is 0 Å². The fraction of sp³-hybridized carbons (Fsp3) is 0.812. The van der Waals surface area contributed by atoms with Crippen molar-refractivity contribution in [2.45, 2.75) is 51.4 Å². The highest BCUT2D eigenvalue weighted by Gasteiger charge is 2.27. The van der Waals surface area contributed by atoms with Gasteiger partial charge in [0.25, 0.3) is 0 Å². The number of aromatic nitrogens is 2. The first-order valence-corrected chi connectivity index (χ1v) is 8.53. The van der Waals surface area contributed by atoms with Gasteiger partial charge in [0.1, 0.15) is 0 Å². The van der Waals surface area contributed by atoms with Crippen molar-refractivity contribution in [3.8, 4) is 0 Å². The summed E-state index contributed by atoms with van der Waals surface area (Å²) in [6.45, 7) is 6.07. The van der Waals surface area contributed by atoms with Crippen LogP contribution in [0.15, 0.2) is 4.52 Å². The molecule has 2 fully saturated rings. The topological polar surface area (TPSA) is 62.5 Å². The van der Waals surface area contributed by atoms with Crippen LogP contribution in [0.1, 0.15) is 56.2 Å². The second kappa shape index (κ2) is 7.22. The molecule has 122 valence electrons. The lowest BCUT2D eigenvalue weighted by Crippen LogP contribution is -2.44. The van der Waals surface area contributed by atoms with Gasteiger partial charge < -0.3 is 9.42 Å². The van der Waals surface area contributed by atoms with Crippen LogP contribution in [0, 0.1) is 6.92 Å². The summed E-state index contributed by atoms with van der Waals surface area (Å²) in [5.74, 6) is 1.97. The molecule has 1 aromatic rings. The fourth-order valence-electron chi connectivity index (χ4n) is 3.49. The van der Waals surface area contributed by atoms with Crippen LogP contribution in [0.3, 0.4) is 0 Å². The lowest BCUT2D eigenvalue weighted by molar-refractivity contribution is -0.132. The third-order valence-electron chi connectivity index (χ3n) is 4.72. The maximum absolute atomic E-state index is 12.5. The van der Waals surface area contributed by atoms with Gasteiger partial charge in [0.05, 0.1) is 12.5 Å². The smallest absolute Gasteiger partial charge is 0.236 e. The van der Waals surface area contributed by atoms with Gasteiger partial charge in [-0.25, -0.2) is 0 Å². The molecular formula is C16H26N4O2. The van der Waals surface area contributed by atoms with E-state index in [1.807, 2.05) is 11.8 Å². The van der Waals surface area contributed by atoms with Crippen molar-refractivity contribution in [3.05, 3.63) is 11.7 Å². The molecule has 2 saturated heterocycles. The third-order valence-corrected chi connectivity index (χ3v) is 4.72. The largest absolute Gasteiger partial charge is 0.342 e. The van der Waals surface area contributed by atoms with Gasteiger partial charge in [-0.3, -0.25) is 9.69 Å². The minimum Gasteiger partial charge on any atom is -0.342 e. The number of hydrogen-bond donors (Lipinski definition) is 0. The molecule has 0 aromatic carbocycles. The second-order valence-corrected chi connectivity index (χ2v) is 6.55. The highest BCUT2D eigenvalue weighted by molar-refractivity contribution is 5.78. The Morgan fingerprint density at radius 2 is 1.95 bits per heavy atom. The van der Waals surface area contributed by atoms with Gasteiger partial charge in [0.2, 0.25) is 11.8 Å². The van der Waals surface area contributed by atoms with Crippen LogP contribution < -0.4 is 0 Å². The number of likely N-dealkylation sites (tertiary alicyclic amines) is 2. The summed E-state index contributed by atoms with van der Waals surface area (Å²) in [6.07, 6.45) is 6.96. The normalized spacial score (nSPS) is 24.2. The number of carbonyl (C=O) groups excluding carboxylic acids is 1. The van der Waals surface area contributed by atoms with Gasteiger partial charge in [0, 0.05) is 19.6 Å². The molecule has 1 amide bonds. The van der Waals surface area contributed by atoms with Crippen LogP contribution in [0.4, 0.5) is 0 Å². The first-order valence-electron chi connectivity index (χ1n) is 8.53. The Morgan fingerprint density at radius 3 is 2.64 bits per heavy atom. The molecule has 6 nitrogen and oxygen atoms in total. The maximum Gasteiger partial charge on any atom is 0.236 e. The molecule has 1 atom stereocenters. The molecule has 1 unspecified atom stereocenters. The summed E-state index contributed by atoms with van der Waals surface area (Å²) in [4.78, 5) is 21.1. The van der Waals surface area contributed by atoms with Gasteiger partial charge >= 0.3 is 0 Å². The summed E-state index contributed by atoms with van der Waals surface area (Å²) in [5.41, 5.74) is 0. The van der Waals surface area contributed by atoms with E-state index in [4.69, 9.17) is 4.52 Å². The summed E-state index contributed by atoms with van der Waals surface area (Å²) >= 11 is 0. The van der Waals surface area contributed by atoms with Gasteiger partial charge in [0.15, 0.2) is 5.82 Å². The molecule has 0 bridgehead atoms. The van der Waals surface area contributed by atoms with Crippen molar-refractivity contribution in [1.29, 1.82) is 0 Å². The summed E-state index contributed by atoms with van der Waals surface area (Å²) in [5, 5.41) is 3.88. The Bertz CT molecular complexity index is 494. The van der Waals surface area contributed by atoms with Gasteiger partial charge in [-0.1, -0.05) is 18.0 Å². The highest BCUT2D eigenvalue weighted by Crippen LogP contribution is 2.25. The van der Waals surface area contributed by atoms with Crippen LogP contribution in [-0.4, -0.2) is 58.6 Å². The van der Waals surface area contributed by atoms with Crippen molar-refractivity contribution >= 4 is 5.91 Å². The summed E-state index contributed by atoms with van der Waals surface area (Å²) in [6, 6.07) is 0. The number of carbonyl (C=O) groups is 1. The quantitative estimate of drug-likeness (QED) is 0.854. The van der Waals surface area contributed by atoms with Gasteiger partial charge in [-0.2, -0.15) is 4.98 Å². The zero-order valence-electron chi connectivity index (χ0n) is 13.5. The van der Waals surface area contributed by atoms with Crippen molar-refractivity contribution in [2.75, 3.05) is 32.7 Å². The predicted octanol–water partition coefficient (Wildman–Crippen LogP) is 1.96. The monoisotopic (exact) mass is 306 g/mol. The van der Waals surface area contributed by atoms with E-state index in [0.29, 0.717) is 12.4 Å². The van der Waals surface area contributed by atoms with Crippen LogP contribution in [-0.2, 0) is 4.79 Å². The maximum atomic E-state index is 12.5. The molecule has 3 heterocycles. The van der Waals surface area contributed by atoms with Crippen molar-refractivity contribution in [3.63, 3.8) is 0 Å². The Kier molecular flexibility index (Phi) is 5.08. The fourth-order valence-corrected chi connectivity index (χ4v) is 3.49. The molecule has 0 aliphatic carbocycles. The Labute approximate surface area is 131 Å². The lowest BCUT2D eigenvalue weighted by atomic mass is 9.98. The number of nitrogens with zero attached hydrogens (tertiary/aromatic N) is 4. The average Bonchev–Trinajstić information content (AvgIpc) is 2.78. The molecule has 2 aliphatic rings. The molecule has 6 heteroatoms. The second-order valence-electron chi connectivity index (χ2n) is 6.55. The van der Waals surface area contributed by atoms with Crippen LogP contribution in [0.25, 0.3) is 0 Å². The first kappa shape index (κ1) is 15.5. The van der Waals surface area contributed by atoms with Gasteiger partial charge in [-0.15, -0.1) is 0 Å². The average molecular weight is 306 g/mol. The van der Waals surface area contributed by atoms with E-state index in [1.165, 1.54) is 12.8 Å². The number of hydrogen-bond acceptors (Lipinski definition) is 5. The number of rotatable bonds is 3.